The Labute approximate surface area is 181 Å². The number of ether oxygens (including phenoxy) is 3. The molecular weight excluding hydrogens is 400 g/mol. The Morgan fingerprint density at radius 1 is 1.06 bits per heavy atom. The summed E-state index contributed by atoms with van der Waals surface area (Å²) >= 11 is 0. The molecule has 0 aromatic heterocycles. The first-order valence-corrected chi connectivity index (χ1v) is 10.1. The summed E-state index contributed by atoms with van der Waals surface area (Å²) in [5.74, 6) is -0.896. The Morgan fingerprint density at radius 3 is 2.58 bits per heavy atom. The number of amides is 2. The van der Waals surface area contributed by atoms with Gasteiger partial charge in [0.05, 0.1) is 18.6 Å². The fourth-order valence-electron chi connectivity index (χ4n) is 3.27. The summed E-state index contributed by atoms with van der Waals surface area (Å²) in [6.07, 6.45) is -0.225. The number of para-hydroxylation sites is 1. The molecule has 1 N–H and O–H groups in total. The van der Waals surface area contributed by atoms with E-state index in [4.69, 9.17) is 14.2 Å². The maximum absolute atomic E-state index is 13.3. The van der Waals surface area contributed by atoms with Crippen molar-refractivity contribution in [3.05, 3.63) is 65.7 Å². The molecule has 8 nitrogen and oxygen atoms in total. The van der Waals surface area contributed by atoms with Crippen molar-refractivity contribution in [3.8, 4) is 5.75 Å². The van der Waals surface area contributed by atoms with Crippen molar-refractivity contribution in [1.29, 1.82) is 0 Å². The molecule has 2 aromatic rings. The highest BCUT2D eigenvalue weighted by molar-refractivity contribution is 6.01. The lowest BCUT2D eigenvalue weighted by Crippen LogP contribution is -2.57. The van der Waals surface area contributed by atoms with E-state index in [1.807, 2.05) is 30.3 Å². The second-order valence-corrected chi connectivity index (χ2v) is 6.99. The zero-order valence-corrected chi connectivity index (χ0v) is 17.4. The summed E-state index contributed by atoms with van der Waals surface area (Å²) in [6, 6.07) is 15.1. The van der Waals surface area contributed by atoms with E-state index in [9.17, 15) is 14.4 Å². The number of methoxy groups -OCH3 is 1. The minimum atomic E-state index is -0.948. The van der Waals surface area contributed by atoms with E-state index in [1.165, 1.54) is 4.90 Å². The van der Waals surface area contributed by atoms with Crippen LogP contribution in [0, 0.1) is 0 Å². The lowest BCUT2D eigenvalue weighted by molar-refractivity contribution is -0.148. The van der Waals surface area contributed by atoms with Crippen molar-refractivity contribution in [1.82, 2.24) is 10.2 Å². The summed E-state index contributed by atoms with van der Waals surface area (Å²) in [6.45, 7) is 1.37. The van der Waals surface area contributed by atoms with E-state index in [1.54, 1.807) is 31.4 Å². The molecule has 1 unspecified atom stereocenters. The highest BCUT2D eigenvalue weighted by Crippen LogP contribution is 2.23. The van der Waals surface area contributed by atoms with Crippen LogP contribution >= 0.6 is 0 Å². The lowest BCUT2D eigenvalue weighted by atomic mass is 10.1. The van der Waals surface area contributed by atoms with E-state index in [0.29, 0.717) is 24.5 Å². The molecule has 0 spiro atoms. The van der Waals surface area contributed by atoms with Gasteiger partial charge in [0, 0.05) is 20.2 Å². The Hall–Kier alpha value is -3.39. The molecule has 3 rings (SSSR count). The number of rotatable bonds is 9. The summed E-state index contributed by atoms with van der Waals surface area (Å²) < 4.78 is 15.9. The van der Waals surface area contributed by atoms with Crippen molar-refractivity contribution < 1.29 is 28.6 Å². The number of esters is 1. The van der Waals surface area contributed by atoms with E-state index in [-0.39, 0.29) is 38.0 Å². The maximum Gasteiger partial charge on any atom is 0.308 e. The fourth-order valence-corrected chi connectivity index (χ4v) is 3.27. The van der Waals surface area contributed by atoms with E-state index >= 15 is 0 Å². The number of nitrogens with one attached hydrogen (secondary N) is 1. The van der Waals surface area contributed by atoms with Gasteiger partial charge in [0.25, 0.3) is 5.91 Å². The van der Waals surface area contributed by atoms with Crippen molar-refractivity contribution in [2.24, 2.45) is 0 Å². The second kappa shape index (κ2) is 11.1. The Kier molecular flexibility index (Phi) is 8.00. The molecule has 8 heteroatoms. The van der Waals surface area contributed by atoms with Crippen LogP contribution in [-0.2, 0) is 25.7 Å². The van der Waals surface area contributed by atoms with Crippen LogP contribution in [-0.4, -0.2) is 62.1 Å². The van der Waals surface area contributed by atoms with Crippen LogP contribution in [0.1, 0.15) is 22.3 Å². The average molecular weight is 426 g/mol. The van der Waals surface area contributed by atoms with Crippen LogP contribution in [0.25, 0.3) is 0 Å². The predicted octanol–water partition coefficient (Wildman–Crippen LogP) is 1.79. The van der Waals surface area contributed by atoms with Crippen LogP contribution in [0.4, 0.5) is 0 Å². The standard InChI is InChI=1S/C23H26N2O6/c1-29-13-14-30-20-10-6-5-9-18(20)23(28)25-12-11-24-22(27)19(25)15-21(26)31-16-17-7-3-2-4-8-17/h2-10,19H,11-16H2,1H3,(H,24,27). The van der Waals surface area contributed by atoms with E-state index in [2.05, 4.69) is 5.32 Å². The third kappa shape index (κ3) is 6.05. The van der Waals surface area contributed by atoms with Gasteiger partial charge in [0.15, 0.2) is 0 Å². The molecule has 1 aliphatic heterocycles. The third-order valence-corrected chi connectivity index (χ3v) is 4.86. The van der Waals surface area contributed by atoms with Crippen molar-refractivity contribution >= 4 is 17.8 Å². The topological polar surface area (TPSA) is 94.2 Å². The van der Waals surface area contributed by atoms with Gasteiger partial charge in [-0.15, -0.1) is 0 Å². The fraction of sp³-hybridized carbons (Fsp3) is 0.348. The van der Waals surface area contributed by atoms with Gasteiger partial charge in [-0.1, -0.05) is 42.5 Å². The van der Waals surface area contributed by atoms with Crippen molar-refractivity contribution in [2.45, 2.75) is 19.1 Å². The van der Waals surface area contributed by atoms with Gasteiger partial charge in [-0.25, -0.2) is 0 Å². The minimum Gasteiger partial charge on any atom is -0.490 e. The quantitative estimate of drug-likeness (QED) is 0.485. The first-order valence-electron chi connectivity index (χ1n) is 10.1. The number of hydrogen-bond acceptors (Lipinski definition) is 6. The first-order chi connectivity index (χ1) is 15.1. The molecule has 1 heterocycles. The third-order valence-electron chi connectivity index (χ3n) is 4.86. The molecule has 0 aliphatic carbocycles. The number of benzene rings is 2. The van der Waals surface area contributed by atoms with Gasteiger partial charge in [-0.05, 0) is 17.7 Å². The number of nitrogens with zero attached hydrogens (tertiary/aromatic N) is 1. The largest absolute Gasteiger partial charge is 0.490 e. The first kappa shape index (κ1) is 22.3. The Balaban J connectivity index is 1.69. The molecule has 0 bridgehead atoms. The van der Waals surface area contributed by atoms with Crippen molar-refractivity contribution in [3.63, 3.8) is 0 Å². The van der Waals surface area contributed by atoms with E-state index < -0.39 is 12.0 Å². The van der Waals surface area contributed by atoms with Crippen LogP contribution in [0.15, 0.2) is 54.6 Å². The monoisotopic (exact) mass is 426 g/mol. The summed E-state index contributed by atoms with van der Waals surface area (Å²) in [7, 11) is 1.56. The van der Waals surface area contributed by atoms with Crippen LogP contribution < -0.4 is 10.1 Å². The normalized spacial score (nSPS) is 15.8. The lowest BCUT2D eigenvalue weighted by Gasteiger charge is -2.34. The summed E-state index contributed by atoms with van der Waals surface area (Å²) in [5, 5.41) is 2.72. The van der Waals surface area contributed by atoms with E-state index in [0.717, 1.165) is 5.56 Å². The number of carbonyl (C=O) groups excluding carboxylic acids is 3. The van der Waals surface area contributed by atoms with Crippen LogP contribution in [0.3, 0.4) is 0 Å². The average Bonchev–Trinajstić information content (AvgIpc) is 2.80. The molecule has 1 saturated heterocycles. The number of hydrogen-bond donors (Lipinski definition) is 1. The summed E-state index contributed by atoms with van der Waals surface area (Å²) in [5.41, 5.74) is 1.18. The maximum atomic E-state index is 13.3. The molecule has 1 fully saturated rings. The van der Waals surface area contributed by atoms with Gasteiger partial charge in [0.2, 0.25) is 5.91 Å². The molecule has 1 atom stereocenters. The highest BCUT2D eigenvalue weighted by Gasteiger charge is 2.36. The molecular formula is C23H26N2O6. The van der Waals surface area contributed by atoms with Gasteiger partial charge in [-0.3, -0.25) is 14.4 Å². The molecule has 31 heavy (non-hydrogen) atoms. The van der Waals surface area contributed by atoms with Crippen molar-refractivity contribution in [2.75, 3.05) is 33.4 Å². The molecule has 1 aliphatic rings. The predicted molar refractivity (Wildman–Crippen MR) is 113 cm³/mol. The Morgan fingerprint density at radius 2 is 1.81 bits per heavy atom. The minimum absolute atomic E-state index is 0.109. The molecule has 0 saturated carbocycles. The highest BCUT2D eigenvalue weighted by atomic mass is 16.5. The Bertz CT molecular complexity index is 902. The molecule has 0 radical (unpaired) electrons. The molecule has 2 amide bonds. The number of carbonyl (C=O) groups is 3. The van der Waals surface area contributed by atoms with Gasteiger partial charge in [-0.2, -0.15) is 0 Å². The smallest absolute Gasteiger partial charge is 0.308 e. The number of piperazine rings is 1. The van der Waals surface area contributed by atoms with Crippen LogP contribution in [0.5, 0.6) is 5.75 Å². The van der Waals surface area contributed by atoms with Gasteiger partial charge >= 0.3 is 5.97 Å². The summed E-state index contributed by atoms with van der Waals surface area (Å²) in [4.78, 5) is 39.5. The van der Waals surface area contributed by atoms with Gasteiger partial charge < -0.3 is 24.4 Å². The molecule has 164 valence electrons. The SMILES string of the molecule is COCCOc1ccccc1C(=O)N1CCNC(=O)C1CC(=O)OCc1ccccc1. The van der Waals surface area contributed by atoms with Gasteiger partial charge in [0.1, 0.15) is 25.0 Å². The zero-order chi connectivity index (χ0) is 22.1. The van der Waals surface area contributed by atoms with Crippen LogP contribution in [0.2, 0.25) is 0 Å². The second-order valence-electron chi connectivity index (χ2n) is 6.99. The zero-order valence-electron chi connectivity index (χ0n) is 17.4. The molecule has 2 aromatic carbocycles.